The number of halogens is 3. The van der Waals surface area contributed by atoms with Crippen LogP contribution in [0.15, 0.2) is 53.7 Å². The lowest BCUT2D eigenvalue weighted by Crippen LogP contribution is -2.14. The van der Waals surface area contributed by atoms with Crippen molar-refractivity contribution in [3.63, 3.8) is 0 Å². The minimum atomic E-state index is -2.97. The Balaban J connectivity index is 1.43. The summed E-state index contributed by atoms with van der Waals surface area (Å²) < 4.78 is 30.9. The highest BCUT2D eigenvalue weighted by molar-refractivity contribution is 7.99. The molecule has 30 heavy (non-hydrogen) atoms. The first-order chi connectivity index (χ1) is 14.5. The van der Waals surface area contributed by atoms with Crippen molar-refractivity contribution in [3.8, 4) is 11.4 Å². The Morgan fingerprint density at radius 3 is 2.67 bits per heavy atom. The van der Waals surface area contributed by atoms with E-state index in [0.29, 0.717) is 16.8 Å². The second kappa shape index (κ2) is 9.01. The van der Waals surface area contributed by atoms with Crippen LogP contribution in [0.2, 0.25) is 5.02 Å². The van der Waals surface area contributed by atoms with E-state index in [-0.39, 0.29) is 22.4 Å². The van der Waals surface area contributed by atoms with Gasteiger partial charge < -0.3 is 10.1 Å². The number of carbonyl (C=O) groups is 1. The number of amides is 1. The van der Waals surface area contributed by atoms with Gasteiger partial charge in [0.2, 0.25) is 5.91 Å². The number of aromatic nitrogens is 3. The summed E-state index contributed by atoms with van der Waals surface area (Å²) in [6, 6.07) is 13.9. The molecular weight excluding hydrogens is 434 g/mol. The average Bonchev–Trinajstić information content (AvgIpc) is 3.48. The first kappa shape index (κ1) is 20.6. The van der Waals surface area contributed by atoms with Gasteiger partial charge in [0.15, 0.2) is 5.16 Å². The van der Waals surface area contributed by atoms with Gasteiger partial charge in [0, 0.05) is 17.3 Å². The molecule has 0 unspecified atom stereocenters. The smallest absolute Gasteiger partial charge is 0.387 e. The van der Waals surface area contributed by atoms with Gasteiger partial charge in [-0.05, 0) is 43.2 Å². The van der Waals surface area contributed by atoms with Crippen molar-refractivity contribution in [2.24, 2.45) is 0 Å². The lowest BCUT2D eigenvalue weighted by molar-refractivity contribution is -0.113. The van der Waals surface area contributed by atoms with Crippen LogP contribution < -0.4 is 10.1 Å². The predicted octanol–water partition coefficient (Wildman–Crippen LogP) is 5.13. The molecule has 1 aliphatic carbocycles. The number of nitrogens with zero attached hydrogens (tertiary/aromatic N) is 3. The van der Waals surface area contributed by atoms with Crippen LogP contribution in [-0.2, 0) is 4.79 Å². The highest BCUT2D eigenvalue weighted by atomic mass is 35.5. The molecule has 6 nitrogen and oxygen atoms in total. The second-order valence-corrected chi connectivity index (χ2v) is 8.00. The van der Waals surface area contributed by atoms with Gasteiger partial charge in [-0.15, -0.1) is 10.2 Å². The summed E-state index contributed by atoms with van der Waals surface area (Å²) >= 11 is 7.19. The molecule has 0 aliphatic heterocycles. The molecule has 4 rings (SSSR count). The molecule has 1 N–H and O–H groups in total. The first-order valence-electron chi connectivity index (χ1n) is 9.19. The maximum Gasteiger partial charge on any atom is 0.387 e. The number of benzene rings is 2. The molecule has 3 aromatic rings. The van der Waals surface area contributed by atoms with E-state index >= 15 is 0 Å². The molecule has 0 atom stereocenters. The molecule has 1 aliphatic rings. The first-order valence-corrected chi connectivity index (χ1v) is 10.6. The molecule has 1 saturated carbocycles. The molecule has 1 heterocycles. The van der Waals surface area contributed by atoms with Crippen molar-refractivity contribution >= 4 is 35.0 Å². The molecule has 156 valence electrons. The van der Waals surface area contributed by atoms with Crippen molar-refractivity contribution < 1.29 is 18.3 Å². The summed E-state index contributed by atoms with van der Waals surface area (Å²) in [7, 11) is 0. The lowest BCUT2D eigenvalue weighted by Gasteiger charge is -2.11. The SMILES string of the molecule is O=C(CSc1nnc(C2CC2)n1-c1ccccc1)Nc1ccc(OC(F)F)c(Cl)c1. The molecular formula is C20H17ClF2N4O2S. The van der Waals surface area contributed by atoms with Crippen LogP contribution in [0.4, 0.5) is 14.5 Å². The van der Waals surface area contributed by atoms with E-state index in [1.54, 1.807) is 0 Å². The van der Waals surface area contributed by atoms with Crippen LogP contribution in [0.5, 0.6) is 5.75 Å². The van der Waals surface area contributed by atoms with E-state index < -0.39 is 6.61 Å². The zero-order chi connectivity index (χ0) is 21.1. The molecule has 2 aromatic carbocycles. The normalized spacial score (nSPS) is 13.5. The number of ether oxygens (including phenoxy) is 1. The van der Waals surface area contributed by atoms with E-state index in [9.17, 15) is 13.6 Å². The number of hydrogen-bond acceptors (Lipinski definition) is 5. The Morgan fingerprint density at radius 1 is 1.23 bits per heavy atom. The molecule has 0 saturated heterocycles. The summed E-state index contributed by atoms with van der Waals surface area (Å²) in [6.45, 7) is -2.97. The van der Waals surface area contributed by atoms with E-state index in [1.165, 1.54) is 30.0 Å². The van der Waals surface area contributed by atoms with E-state index in [1.807, 2.05) is 34.9 Å². The van der Waals surface area contributed by atoms with Crippen LogP contribution in [-0.4, -0.2) is 33.0 Å². The van der Waals surface area contributed by atoms with Crippen molar-refractivity contribution in [1.29, 1.82) is 0 Å². The van der Waals surface area contributed by atoms with Gasteiger partial charge >= 0.3 is 6.61 Å². The van der Waals surface area contributed by atoms with E-state index in [4.69, 9.17) is 11.6 Å². The van der Waals surface area contributed by atoms with Gasteiger partial charge in [0.1, 0.15) is 11.6 Å². The Bertz CT molecular complexity index is 1040. The molecule has 10 heteroatoms. The van der Waals surface area contributed by atoms with Gasteiger partial charge in [-0.3, -0.25) is 9.36 Å². The fourth-order valence-corrected chi connectivity index (χ4v) is 3.88. The van der Waals surface area contributed by atoms with Crippen LogP contribution in [0.3, 0.4) is 0 Å². The Labute approximate surface area is 180 Å². The monoisotopic (exact) mass is 450 g/mol. The van der Waals surface area contributed by atoms with Crippen molar-refractivity contribution in [1.82, 2.24) is 14.8 Å². The maximum atomic E-state index is 12.4. The number of carbonyl (C=O) groups excluding carboxylic acids is 1. The van der Waals surface area contributed by atoms with Gasteiger partial charge in [-0.2, -0.15) is 8.78 Å². The zero-order valence-electron chi connectivity index (χ0n) is 15.6. The molecule has 1 aromatic heterocycles. The van der Waals surface area contributed by atoms with Crippen molar-refractivity contribution in [2.75, 3.05) is 11.1 Å². The largest absolute Gasteiger partial charge is 0.433 e. The fourth-order valence-electron chi connectivity index (χ4n) is 2.90. The Kier molecular flexibility index (Phi) is 6.19. The third-order valence-electron chi connectivity index (χ3n) is 4.38. The Morgan fingerprint density at radius 2 is 2.00 bits per heavy atom. The third-order valence-corrected chi connectivity index (χ3v) is 5.60. The standard InChI is InChI=1S/C20H17ClF2N4O2S/c21-15-10-13(8-9-16(15)29-19(22)23)24-17(28)11-30-20-26-25-18(12-6-7-12)27(20)14-4-2-1-3-5-14/h1-5,8-10,12,19H,6-7,11H2,(H,24,28). The minimum absolute atomic E-state index is 0.0151. The molecule has 0 bridgehead atoms. The lowest BCUT2D eigenvalue weighted by atomic mass is 10.3. The van der Waals surface area contributed by atoms with Gasteiger partial charge in [-0.25, -0.2) is 0 Å². The summed E-state index contributed by atoms with van der Waals surface area (Å²) in [5, 5.41) is 11.9. The topological polar surface area (TPSA) is 69.0 Å². The number of thioether (sulfide) groups is 1. The zero-order valence-corrected chi connectivity index (χ0v) is 17.2. The van der Waals surface area contributed by atoms with E-state index in [2.05, 4.69) is 20.3 Å². The van der Waals surface area contributed by atoms with Crippen LogP contribution in [0.25, 0.3) is 5.69 Å². The highest BCUT2D eigenvalue weighted by Crippen LogP contribution is 2.41. The number of alkyl halides is 2. The highest BCUT2D eigenvalue weighted by Gasteiger charge is 2.31. The van der Waals surface area contributed by atoms with Gasteiger partial charge in [0.25, 0.3) is 0 Å². The molecule has 0 radical (unpaired) electrons. The van der Waals surface area contributed by atoms with Crippen molar-refractivity contribution in [3.05, 3.63) is 59.4 Å². The van der Waals surface area contributed by atoms with E-state index in [0.717, 1.165) is 24.4 Å². The Hall–Kier alpha value is -2.65. The van der Waals surface area contributed by atoms with Crippen LogP contribution in [0, 0.1) is 0 Å². The number of rotatable bonds is 8. The number of nitrogens with one attached hydrogen (secondary N) is 1. The maximum absolute atomic E-state index is 12.4. The fraction of sp³-hybridized carbons (Fsp3) is 0.250. The summed E-state index contributed by atoms with van der Waals surface area (Å²) in [5.41, 5.74) is 1.34. The minimum Gasteiger partial charge on any atom is -0.433 e. The molecule has 0 spiro atoms. The number of para-hydroxylation sites is 1. The summed E-state index contributed by atoms with van der Waals surface area (Å²) in [5.74, 6) is 0.974. The molecule has 1 amide bonds. The van der Waals surface area contributed by atoms with Gasteiger partial charge in [0.05, 0.1) is 10.8 Å². The number of anilines is 1. The van der Waals surface area contributed by atoms with Crippen molar-refractivity contribution in [2.45, 2.75) is 30.5 Å². The summed E-state index contributed by atoms with van der Waals surface area (Å²) in [4.78, 5) is 12.4. The summed E-state index contributed by atoms with van der Waals surface area (Å²) in [6.07, 6.45) is 2.17. The number of hydrogen-bond donors (Lipinski definition) is 1. The predicted molar refractivity (Wildman–Crippen MR) is 111 cm³/mol. The second-order valence-electron chi connectivity index (χ2n) is 6.65. The van der Waals surface area contributed by atoms with Gasteiger partial charge in [-0.1, -0.05) is 41.6 Å². The van der Waals surface area contributed by atoms with Crippen LogP contribution >= 0.6 is 23.4 Å². The average molecular weight is 451 g/mol. The third kappa shape index (κ3) is 4.91. The molecule has 1 fully saturated rings. The quantitative estimate of drug-likeness (QED) is 0.482. The van der Waals surface area contributed by atoms with Crippen LogP contribution in [0.1, 0.15) is 24.6 Å².